The van der Waals surface area contributed by atoms with Crippen molar-refractivity contribution in [2.24, 2.45) is 7.05 Å². The first-order valence-electron chi connectivity index (χ1n) is 5.12. The lowest BCUT2D eigenvalue weighted by atomic mass is 10.2. The Balaban J connectivity index is 2.64. The van der Waals surface area contributed by atoms with Gasteiger partial charge in [-0.15, -0.1) is 5.10 Å². The largest absolute Gasteiger partial charge is 0.316 e. The van der Waals surface area contributed by atoms with Gasteiger partial charge in [-0.05, 0) is 0 Å². The molecule has 0 saturated heterocycles. The van der Waals surface area contributed by atoms with E-state index in [0.717, 1.165) is 10.9 Å². The maximum Gasteiger partial charge on any atom is 0.314 e. The first kappa shape index (κ1) is 11.1. The lowest BCUT2D eigenvalue weighted by Gasteiger charge is -1.98. The zero-order valence-electron chi connectivity index (χ0n) is 9.50. The summed E-state index contributed by atoms with van der Waals surface area (Å²) in [5.74, 6) is 0. The van der Waals surface area contributed by atoms with E-state index in [9.17, 15) is 19.7 Å². The molecule has 3 aromatic rings. The third-order valence-electron chi connectivity index (χ3n) is 2.63. The Morgan fingerprint density at radius 3 is 2.53 bits per heavy atom. The van der Waals surface area contributed by atoms with Crippen molar-refractivity contribution in [2.75, 3.05) is 0 Å². The van der Waals surface area contributed by atoms with Crippen LogP contribution < -0.4 is 11.1 Å². The monoisotopic (exact) mass is 262 g/mol. The Morgan fingerprint density at radius 1 is 1.21 bits per heavy atom. The summed E-state index contributed by atoms with van der Waals surface area (Å²) in [6.45, 7) is 0. The molecule has 0 aliphatic carbocycles. The van der Waals surface area contributed by atoms with Gasteiger partial charge in [0.1, 0.15) is 5.52 Å². The standard InChI is InChI=1S/C9H6N6O4/c1-14-12-6-4(15(18)19)2-3-5(7(6)13-14)11-9(17)8(16)10-3/h2H,1H3,(H,10,16)(H,11,17). The minimum Gasteiger partial charge on any atom is -0.316 e. The minimum absolute atomic E-state index is 0.0442. The molecule has 0 unspecified atom stereocenters. The molecule has 0 bridgehead atoms. The molecule has 0 amide bonds. The van der Waals surface area contributed by atoms with Gasteiger partial charge in [-0.1, -0.05) is 0 Å². The zero-order chi connectivity index (χ0) is 13.7. The summed E-state index contributed by atoms with van der Waals surface area (Å²) in [5.41, 5.74) is -1.50. The number of nitro benzene ring substituents is 1. The number of non-ortho nitro benzene ring substituents is 1. The number of hydrogen-bond acceptors (Lipinski definition) is 6. The Morgan fingerprint density at radius 2 is 1.84 bits per heavy atom. The third kappa shape index (κ3) is 1.50. The molecule has 3 rings (SSSR count). The van der Waals surface area contributed by atoms with Crippen LogP contribution in [0.4, 0.5) is 5.69 Å². The molecule has 0 atom stereocenters. The van der Waals surface area contributed by atoms with Gasteiger partial charge in [-0.2, -0.15) is 9.90 Å². The Labute approximate surface area is 102 Å². The van der Waals surface area contributed by atoms with Crippen molar-refractivity contribution >= 4 is 27.8 Å². The normalized spacial score (nSPS) is 11.2. The number of H-pyrrole nitrogens is 2. The number of aromatic nitrogens is 5. The predicted molar refractivity (Wildman–Crippen MR) is 63.9 cm³/mol. The average Bonchev–Trinajstić information content (AvgIpc) is 2.71. The number of hydrogen-bond donors (Lipinski definition) is 2. The van der Waals surface area contributed by atoms with E-state index in [2.05, 4.69) is 20.2 Å². The summed E-state index contributed by atoms with van der Waals surface area (Å²) >= 11 is 0. The molecule has 2 heterocycles. The van der Waals surface area contributed by atoms with Crippen LogP contribution >= 0.6 is 0 Å². The van der Waals surface area contributed by atoms with Crippen LogP contribution in [-0.4, -0.2) is 29.9 Å². The van der Waals surface area contributed by atoms with Crippen LogP contribution in [0.5, 0.6) is 0 Å². The van der Waals surface area contributed by atoms with E-state index in [0.29, 0.717) is 0 Å². The molecular weight excluding hydrogens is 256 g/mol. The van der Waals surface area contributed by atoms with Gasteiger partial charge in [0, 0.05) is 13.1 Å². The van der Waals surface area contributed by atoms with E-state index >= 15 is 0 Å². The number of aryl methyl sites for hydroxylation is 1. The first-order chi connectivity index (χ1) is 8.97. The summed E-state index contributed by atoms with van der Waals surface area (Å²) in [6, 6.07) is 1.14. The molecule has 2 aromatic heterocycles. The summed E-state index contributed by atoms with van der Waals surface area (Å²) in [6.07, 6.45) is 0. The maximum absolute atomic E-state index is 11.3. The molecule has 0 aliphatic rings. The average molecular weight is 262 g/mol. The molecule has 0 radical (unpaired) electrons. The zero-order valence-corrected chi connectivity index (χ0v) is 9.50. The first-order valence-corrected chi connectivity index (χ1v) is 5.12. The Bertz CT molecular complexity index is 949. The van der Waals surface area contributed by atoms with Crippen LogP contribution in [0.15, 0.2) is 15.7 Å². The molecule has 19 heavy (non-hydrogen) atoms. The van der Waals surface area contributed by atoms with Gasteiger partial charge in [-0.3, -0.25) is 19.7 Å². The van der Waals surface area contributed by atoms with Gasteiger partial charge in [-0.25, -0.2) is 0 Å². The number of aromatic amines is 2. The number of nitrogens with zero attached hydrogens (tertiary/aromatic N) is 4. The molecule has 0 saturated carbocycles. The number of nitrogens with one attached hydrogen (secondary N) is 2. The van der Waals surface area contributed by atoms with Crippen LogP contribution in [0.25, 0.3) is 22.1 Å². The van der Waals surface area contributed by atoms with E-state index in [1.807, 2.05) is 0 Å². The SMILES string of the molecule is Cn1nc2c([N+](=O)[O-])cc3[nH]c(=O)c(=O)[nH]c3c2n1. The van der Waals surface area contributed by atoms with Crippen molar-refractivity contribution in [1.29, 1.82) is 0 Å². The minimum atomic E-state index is -0.884. The molecule has 2 N–H and O–H groups in total. The topological polar surface area (TPSA) is 140 Å². The predicted octanol–water partition coefficient (Wildman–Crippen LogP) is -0.594. The van der Waals surface area contributed by atoms with Crippen LogP contribution in [0.2, 0.25) is 0 Å². The Hall–Kier alpha value is -3.04. The highest BCUT2D eigenvalue weighted by atomic mass is 16.6. The molecule has 0 aliphatic heterocycles. The van der Waals surface area contributed by atoms with E-state index in [-0.39, 0.29) is 27.8 Å². The van der Waals surface area contributed by atoms with Gasteiger partial charge in [0.05, 0.1) is 16.0 Å². The van der Waals surface area contributed by atoms with E-state index in [4.69, 9.17) is 0 Å². The van der Waals surface area contributed by atoms with Crippen LogP contribution in [0.3, 0.4) is 0 Å². The van der Waals surface area contributed by atoms with Crippen LogP contribution in [-0.2, 0) is 7.05 Å². The highest BCUT2D eigenvalue weighted by Gasteiger charge is 2.20. The van der Waals surface area contributed by atoms with Gasteiger partial charge in [0.2, 0.25) is 0 Å². The van der Waals surface area contributed by atoms with Crippen molar-refractivity contribution in [3.05, 3.63) is 36.9 Å². The Kier molecular flexibility index (Phi) is 2.03. The highest BCUT2D eigenvalue weighted by molar-refractivity contribution is 6.04. The lowest BCUT2D eigenvalue weighted by Crippen LogP contribution is -2.29. The van der Waals surface area contributed by atoms with Gasteiger partial charge >= 0.3 is 16.8 Å². The number of nitro groups is 1. The summed E-state index contributed by atoms with van der Waals surface area (Å²) in [7, 11) is 1.50. The maximum atomic E-state index is 11.3. The van der Waals surface area contributed by atoms with Gasteiger partial charge in [0.15, 0.2) is 5.52 Å². The van der Waals surface area contributed by atoms with Crippen molar-refractivity contribution in [3.8, 4) is 0 Å². The van der Waals surface area contributed by atoms with Crippen LogP contribution in [0, 0.1) is 10.1 Å². The molecule has 10 heteroatoms. The summed E-state index contributed by atoms with van der Waals surface area (Å²) in [5, 5.41) is 18.8. The van der Waals surface area contributed by atoms with E-state index < -0.39 is 16.0 Å². The molecule has 96 valence electrons. The van der Waals surface area contributed by atoms with E-state index in [1.54, 1.807) is 0 Å². The summed E-state index contributed by atoms with van der Waals surface area (Å²) in [4.78, 5) is 38.7. The fraction of sp³-hybridized carbons (Fsp3) is 0.111. The second kappa shape index (κ2) is 3.48. The van der Waals surface area contributed by atoms with Gasteiger partial charge < -0.3 is 9.97 Å². The fourth-order valence-corrected chi connectivity index (χ4v) is 1.87. The number of rotatable bonds is 1. The molecular formula is C9H6N6O4. The molecule has 0 fully saturated rings. The van der Waals surface area contributed by atoms with Gasteiger partial charge in [0.25, 0.3) is 0 Å². The molecule has 10 nitrogen and oxygen atoms in total. The highest BCUT2D eigenvalue weighted by Crippen LogP contribution is 2.27. The molecule has 1 aromatic carbocycles. The second-order valence-electron chi connectivity index (χ2n) is 3.87. The molecule has 0 spiro atoms. The van der Waals surface area contributed by atoms with E-state index in [1.165, 1.54) is 7.05 Å². The number of benzene rings is 1. The second-order valence-corrected chi connectivity index (χ2v) is 3.87. The quantitative estimate of drug-likeness (QED) is 0.341. The van der Waals surface area contributed by atoms with Crippen molar-refractivity contribution in [1.82, 2.24) is 25.0 Å². The fourth-order valence-electron chi connectivity index (χ4n) is 1.87. The van der Waals surface area contributed by atoms with Crippen molar-refractivity contribution in [3.63, 3.8) is 0 Å². The summed E-state index contributed by atoms with van der Waals surface area (Å²) < 4.78 is 0. The lowest BCUT2D eigenvalue weighted by molar-refractivity contribution is -0.383. The van der Waals surface area contributed by atoms with Crippen molar-refractivity contribution < 1.29 is 4.92 Å². The third-order valence-corrected chi connectivity index (χ3v) is 2.63. The van der Waals surface area contributed by atoms with Crippen LogP contribution in [0.1, 0.15) is 0 Å². The smallest absolute Gasteiger partial charge is 0.314 e. The number of fused-ring (bicyclic) bond motifs is 3. The van der Waals surface area contributed by atoms with Crippen molar-refractivity contribution in [2.45, 2.75) is 0 Å².